The van der Waals surface area contributed by atoms with Crippen LogP contribution in [-0.4, -0.2) is 9.97 Å². The Bertz CT molecular complexity index is 565. The van der Waals surface area contributed by atoms with Gasteiger partial charge in [0.05, 0.1) is 0 Å². The van der Waals surface area contributed by atoms with Gasteiger partial charge in [0, 0.05) is 11.5 Å². The average Bonchev–Trinajstić information content (AvgIpc) is 2.74. The Hall–Kier alpha value is -1.78. The highest BCUT2D eigenvalue weighted by Crippen LogP contribution is 2.36. The van der Waals surface area contributed by atoms with Gasteiger partial charge in [0.1, 0.15) is 17.2 Å². The molecular weight excluding hydrogens is 253 g/mol. The van der Waals surface area contributed by atoms with Gasteiger partial charge in [-0.1, -0.05) is 43.7 Å². The van der Waals surface area contributed by atoms with Gasteiger partial charge in [-0.15, -0.1) is 0 Å². The molecule has 102 valence electrons. The molecule has 0 saturated carbocycles. The summed E-state index contributed by atoms with van der Waals surface area (Å²) < 4.78 is 39.1. The van der Waals surface area contributed by atoms with E-state index in [1.165, 1.54) is 0 Å². The van der Waals surface area contributed by atoms with Crippen LogP contribution in [0.2, 0.25) is 0 Å². The van der Waals surface area contributed by atoms with Crippen molar-refractivity contribution in [2.75, 3.05) is 0 Å². The maximum absolute atomic E-state index is 13.0. The third kappa shape index (κ3) is 2.80. The molecule has 0 amide bonds. The van der Waals surface area contributed by atoms with Crippen LogP contribution in [0.4, 0.5) is 13.2 Å². The van der Waals surface area contributed by atoms with Crippen LogP contribution in [0.15, 0.2) is 24.3 Å². The Morgan fingerprint density at radius 1 is 1.11 bits per heavy atom. The zero-order valence-corrected chi connectivity index (χ0v) is 11.0. The zero-order valence-electron chi connectivity index (χ0n) is 11.0. The summed E-state index contributed by atoms with van der Waals surface area (Å²) in [5.74, 6) is 0.267. The number of hydrogen-bond acceptors (Lipinski definition) is 1. The summed E-state index contributed by atoms with van der Waals surface area (Å²) in [6.07, 6.45) is -4.43. The molecule has 1 aromatic carbocycles. The van der Waals surface area contributed by atoms with Crippen molar-refractivity contribution in [3.05, 3.63) is 41.3 Å². The van der Waals surface area contributed by atoms with Crippen LogP contribution in [0, 0.1) is 6.92 Å². The number of halogens is 3. The van der Waals surface area contributed by atoms with Crippen LogP contribution < -0.4 is 0 Å². The Morgan fingerprint density at radius 3 is 2.16 bits per heavy atom. The van der Waals surface area contributed by atoms with Crippen LogP contribution in [0.1, 0.15) is 36.8 Å². The highest BCUT2D eigenvalue weighted by atomic mass is 19.4. The smallest absolute Gasteiger partial charge is 0.338 e. The molecule has 0 bridgehead atoms. The molecule has 5 heteroatoms. The zero-order chi connectivity index (χ0) is 14.2. The summed E-state index contributed by atoms with van der Waals surface area (Å²) >= 11 is 0. The molecule has 1 N–H and O–H groups in total. The van der Waals surface area contributed by atoms with E-state index in [1.807, 2.05) is 6.92 Å². The molecule has 0 fully saturated rings. The highest BCUT2D eigenvalue weighted by Gasteiger charge is 2.37. The minimum atomic E-state index is -4.43. The molecule has 19 heavy (non-hydrogen) atoms. The van der Waals surface area contributed by atoms with E-state index in [-0.39, 0.29) is 11.6 Å². The van der Waals surface area contributed by atoms with E-state index in [0.29, 0.717) is 11.4 Å². The first kappa shape index (κ1) is 13.6. The van der Waals surface area contributed by atoms with Gasteiger partial charge in [-0.25, -0.2) is 4.98 Å². The lowest BCUT2D eigenvalue weighted by Crippen LogP contribution is -2.07. The SMILES string of the molecule is Cc1ccc(-c2nc(C(C)C)[nH]c2C(F)(F)F)cc1. The van der Waals surface area contributed by atoms with Gasteiger partial charge < -0.3 is 4.98 Å². The van der Waals surface area contributed by atoms with Crippen molar-refractivity contribution in [1.82, 2.24) is 9.97 Å². The molecule has 0 aliphatic rings. The topological polar surface area (TPSA) is 28.7 Å². The molecule has 0 unspecified atom stereocenters. The maximum atomic E-state index is 13.0. The molecule has 0 atom stereocenters. The molecule has 2 aromatic rings. The fourth-order valence-corrected chi connectivity index (χ4v) is 1.79. The van der Waals surface area contributed by atoms with Crippen molar-refractivity contribution in [2.45, 2.75) is 32.9 Å². The molecule has 0 spiro atoms. The van der Waals surface area contributed by atoms with Crippen LogP contribution in [0.3, 0.4) is 0 Å². The lowest BCUT2D eigenvalue weighted by atomic mass is 10.1. The van der Waals surface area contributed by atoms with Crippen molar-refractivity contribution in [3.8, 4) is 11.3 Å². The second kappa shape index (κ2) is 4.72. The monoisotopic (exact) mass is 268 g/mol. The van der Waals surface area contributed by atoms with Crippen molar-refractivity contribution >= 4 is 0 Å². The van der Waals surface area contributed by atoms with Crippen LogP contribution >= 0.6 is 0 Å². The van der Waals surface area contributed by atoms with E-state index in [1.54, 1.807) is 38.1 Å². The van der Waals surface area contributed by atoms with Crippen molar-refractivity contribution in [2.24, 2.45) is 0 Å². The second-order valence-electron chi connectivity index (χ2n) is 4.86. The highest BCUT2D eigenvalue weighted by molar-refractivity contribution is 5.63. The number of rotatable bonds is 2. The number of benzene rings is 1. The summed E-state index contributed by atoms with van der Waals surface area (Å²) in [5.41, 5.74) is 0.661. The summed E-state index contributed by atoms with van der Waals surface area (Å²) in [4.78, 5) is 6.50. The Morgan fingerprint density at radius 2 is 1.68 bits per heavy atom. The fraction of sp³-hybridized carbons (Fsp3) is 0.357. The quantitative estimate of drug-likeness (QED) is 0.851. The van der Waals surface area contributed by atoms with E-state index >= 15 is 0 Å². The number of aromatic nitrogens is 2. The van der Waals surface area contributed by atoms with Gasteiger partial charge in [0.25, 0.3) is 0 Å². The first-order chi connectivity index (χ1) is 8.79. The number of imidazole rings is 1. The van der Waals surface area contributed by atoms with Crippen molar-refractivity contribution in [1.29, 1.82) is 0 Å². The third-order valence-corrected chi connectivity index (χ3v) is 2.88. The second-order valence-corrected chi connectivity index (χ2v) is 4.86. The summed E-state index contributed by atoms with van der Waals surface area (Å²) in [6.45, 7) is 5.49. The van der Waals surface area contributed by atoms with E-state index in [0.717, 1.165) is 5.56 Å². The van der Waals surface area contributed by atoms with Crippen molar-refractivity contribution < 1.29 is 13.2 Å². The fourth-order valence-electron chi connectivity index (χ4n) is 1.79. The third-order valence-electron chi connectivity index (χ3n) is 2.88. The van der Waals surface area contributed by atoms with Gasteiger partial charge in [-0.3, -0.25) is 0 Å². The maximum Gasteiger partial charge on any atom is 0.433 e. The van der Waals surface area contributed by atoms with Gasteiger partial charge >= 0.3 is 6.18 Å². The molecule has 0 aliphatic carbocycles. The number of H-pyrrole nitrogens is 1. The molecule has 2 rings (SSSR count). The minimum absolute atomic E-state index is 0.0313. The van der Waals surface area contributed by atoms with E-state index in [9.17, 15) is 13.2 Å². The largest absolute Gasteiger partial charge is 0.433 e. The van der Waals surface area contributed by atoms with Crippen LogP contribution in [-0.2, 0) is 6.18 Å². The number of aryl methyl sites for hydroxylation is 1. The van der Waals surface area contributed by atoms with E-state index in [4.69, 9.17) is 0 Å². The summed E-state index contributed by atoms with van der Waals surface area (Å²) in [7, 11) is 0. The Balaban J connectivity index is 2.57. The van der Waals surface area contributed by atoms with E-state index < -0.39 is 11.9 Å². The average molecular weight is 268 g/mol. The molecule has 0 saturated heterocycles. The summed E-state index contributed by atoms with van der Waals surface area (Å²) in [6, 6.07) is 6.87. The predicted octanol–water partition coefficient (Wildman–Crippen LogP) is 4.53. The van der Waals surface area contributed by atoms with E-state index in [2.05, 4.69) is 9.97 Å². The van der Waals surface area contributed by atoms with Crippen LogP contribution in [0.25, 0.3) is 11.3 Å². The molecule has 2 nitrogen and oxygen atoms in total. The Labute approximate surface area is 109 Å². The predicted molar refractivity (Wildman–Crippen MR) is 67.9 cm³/mol. The number of aromatic amines is 1. The van der Waals surface area contributed by atoms with Gasteiger partial charge in [0.2, 0.25) is 0 Å². The first-order valence-corrected chi connectivity index (χ1v) is 6.03. The van der Waals surface area contributed by atoms with Crippen LogP contribution in [0.5, 0.6) is 0 Å². The van der Waals surface area contributed by atoms with Gasteiger partial charge in [-0.05, 0) is 6.92 Å². The normalized spacial score (nSPS) is 12.2. The van der Waals surface area contributed by atoms with Crippen molar-refractivity contribution in [3.63, 3.8) is 0 Å². The lowest BCUT2D eigenvalue weighted by Gasteiger charge is -2.06. The van der Waals surface area contributed by atoms with Gasteiger partial charge in [0.15, 0.2) is 0 Å². The molecular formula is C14H15F3N2. The molecule has 1 heterocycles. The minimum Gasteiger partial charge on any atom is -0.338 e. The number of alkyl halides is 3. The lowest BCUT2D eigenvalue weighted by molar-refractivity contribution is -0.140. The number of nitrogens with one attached hydrogen (secondary N) is 1. The number of nitrogens with zero attached hydrogens (tertiary/aromatic N) is 1. The molecule has 1 aromatic heterocycles. The molecule has 0 aliphatic heterocycles. The standard InChI is InChI=1S/C14H15F3N2/c1-8(2)13-18-11(12(19-13)14(15,16)17)10-6-4-9(3)5-7-10/h4-8H,1-3H3,(H,18,19). The summed E-state index contributed by atoms with van der Waals surface area (Å²) in [5, 5.41) is 0. The number of hydrogen-bond donors (Lipinski definition) is 1. The Kier molecular flexibility index (Phi) is 3.39. The molecule has 0 radical (unpaired) electrons. The van der Waals surface area contributed by atoms with Gasteiger partial charge in [-0.2, -0.15) is 13.2 Å². The first-order valence-electron chi connectivity index (χ1n) is 6.03.